The van der Waals surface area contributed by atoms with Gasteiger partial charge in [-0.2, -0.15) is 13.2 Å². The zero-order valence-electron chi connectivity index (χ0n) is 49.9. The number of rotatable bonds is 26. The molecule has 0 bridgehead atoms. The quantitative estimate of drug-likeness (QED) is 0.0408. The number of benzene rings is 4. The van der Waals surface area contributed by atoms with Crippen molar-refractivity contribution >= 4 is 23.8 Å². The summed E-state index contributed by atoms with van der Waals surface area (Å²) < 4.78 is 45.3. The van der Waals surface area contributed by atoms with E-state index in [9.17, 15) is 52.2 Å². The molecule has 6 aromatic rings. The average molecular weight is 1140 g/mol. The number of aliphatic carboxylic acids is 2. The molecule has 17 heteroatoms. The van der Waals surface area contributed by atoms with Crippen LogP contribution in [0, 0.1) is 39.5 Å². The molecule has 4 aromatic carbocycles. The van der Waals surface area contributed by atoms with Gasteiger partial charge in [0.05, 0.1) is 30.5 Å². The maximum Gasteiger partial charge on any atom is 0.416 e. The van der Waals surface area contributed by atoms with Crippen molar-refractivity contribution in [2.24, 2.45) is 11.8 Å². The summed E-state index contributed by atoms with van der Waals surface area (Å²) in [7, 11) is 7.34. The fraction of sp³-hybridized carbons (Fsp3) is 0.424. The molecule has 2 heterocycles. The number of aryl methyl sites for hydroxylation is 3. The van der Waals surface area contributed by atoms with Crippen LogP contribution in [0.4, 0.5) is 13.2 Å². The summed E-state index contributed by atoms with van der Waals surface area (Å²) in [6, 6.07) is 22.6. The minimum atomic E-state index is -4.81. The van der Waals surface area contributed by atoms with Gasteiger partial charge in [0.1, 0.15) is 12.1 Å². The zero-order chi connectivity index (χ0) is 61.2. The molecule has 6 rings (SSSR count). The van der Waals surface area contributed by atoms with Crippen LogP contribution in [0.5, 0.6) is 0 Å². The lowest BCUT2D eigenvalue weighted by molar-refractivity contribution is -0.139. The molecule has 0 radical (unpaired) electrons. The second kappa shape index (κ2) is 28.1. The van der Waals surface area contributed by atoms with Gasteiger partial charge < -0.3 is 39.8 Å². The van der Waals surface area contributed by atoms with Crippen molar-refractivity contribution in [1.82, 2.24) is 29.6 Å². The lowest BCUT2D eigenvalue weighted by atomic mass is 9.87. The van der Waals surface area contributed by atoms with Crippen molar-refractivity contribution in [3.05, 3.63) is 185 Å². The summed E-state index contributed by atoms with van der Waals surface area (Å²) in [5.74, 6) is -3.71. The monoisotopic (exact) mass is 1140 g/mol. The van der Waals surface area contributed by atoms with Gasteiger partial charge in [-0.05, 0) is 190 Å². The number of aromatic nitrogens is 2. The van der Waals surface area contributed by atoms with E-state index < -0.39 is 77.2 Å². The molecule has 4 N–H and O–H groups in total. The minimum absolute atomic E-state index is 0.0253. The molecular weight excluding hydrogens is 1060 g/mol. The first-order chi connectivity index (χ1) is 39.0. The third-order valence-corrected chi connectivity index (χ3v) is 15.2. The fourth-order valence-electron chi connectivity index (χ4n) is 11.0. The SMILES string of the molecule is Cc1cccc(C)c1-c1cccc([C@H](CC(=O)O)NC(=O)[C@@H](CC(C)C)n2cc(CCN(C)C)c(Cc3ccc(C)c(-c4cccc([C@H](CC(=O)O)NC(=O)[C@@H](CC(C)C)n5cc(CCN(C)C)c(C(F)(F)F)cc5=O)c4)c3C)cc2=O)c1. The molecular formula is C66H81F3N6O8. The first-order valence-corrected chi connectivity index (χ1v) is 28.3. The molecule has 2 aromatic heterocycles. The molecule has 0 unspecified atom stereocenters. The second-order valence-corrected chi connectivity index (χ2v) is 23.5. The first-order valence-electron chi connectivity index (χ1n) is 28.3. The van der Waals surface area contributed by atoms with Crippen molar-refractivity contribution < 1.29 is 42.6 Å². The van der Waals surface area contributed by atoms with Gasteiger partial charge >= 0.3 is 18.1 Å². The van der Waals surface area contributed by atoms with Crippen LogP contribution in [-0.4, -0.2) is 94.2 Å². The maximum atomic E-state index is 14.7. The molecule has 444 valence electrons. The summed E-state index contributed by atoms with van der Waals surface area (Å²) in [6.07, 6.45) is -1.63. The van der Waals surface area contributed by atoms with Crippen LogP contribution in [0.3, 0.4) is 0 Å². The van der Waals surface area contributed by atoms with Gasteiger partial charge in [-0.25, -0.2) is 0 Å². The number of nitrogens with one attached hydrogen (secondary N) is 2. The number of likely N-dealkylation sites (N-methyl/N-ethyl adjacent to an activating group) is 2. The number of carbonyl (C=O) groups is 4. The number of halogens is 3. The Morgan fingerprint density at radius 2 is 0.988 bits per heavy atom. The Morgan fingerprint density at radius 1 is 0.554 bits per heavy atom. The van der Waals surface area contributed by atoms with Gasteiger partial charge in [-0.1, -0.05) is 94.4 Å². The topological polar surface area (TPSA) is 183 Å². The number of carboxylic acid groups (broad SMARTS) is 2. The predicted molar refractivity (Wildman–Crippen MR) is 320 cm³/mol. The Labute approximate surface area is 485 Å². The summed E-state index contributed by atoms with van der Waals surface area (Å²) in [5.41, 5.74) is 8.36. The number of alkyl halides is 3. The molecule has 14 nitrogen and oxygen atoms in total. The number of pyridine rings is 2. The molecule has 2 amide bonds. The molecule has 0 aliphatic rings. The summed E-state index contributed by atoms with van der Waals surface area (Å²) in [5, 5.41) is 26.2. The summed E-state index contributed by atoms with van der Waals surface area (Å²) >= 11 is 0. The van der Waals surface area contributed by atoms with Crippen LogP contribution in [0.2, 0.25) is 0 Å². The van der Waals surface area contributed by atoms with Gasteiger partial charge in [0.25, 0.3) is 11.1 Å². The minimum Gasteiger partial charge on any atom is -0.481 e. The maximum absolute atomic E-state index is 14.7. The van der Waals surface area contributed by atoms with E-state index in [4.69, 9.17) is 0 Å². The highest BCUT2D eigenvalue weighted by Crippen LogP contribution is 2.36. The van der Waals surface area contributed by atoms with Crippen molar-refractivity contribution in [3.63, 3.8) is 0 Å². The second-order valence-electron chi connectivity index (χ2n) is 23.5. The first kappa shape index (κ1) is 64.5. The van der Waals surface area contributed by atoms with Crippen LogP contribution in [0.15, 0.2) is 113 Å². The Hall–Kier alpha value is -7.63. The van der Waals surface area contributed by atoms with Gasteiger partial charge in [0.15, 0.2) is 0 Å². The summed E-state index contributed by atoms with van der Waals surface area (Å²) in [4.78, 5) is 85.9. The van der Waals surface area contributed by atoms with Gasteiger partial charge in [-0.15, -0.1) is 0 Å². The third kappa shape index (κ3) is 17.0. The highest BCUT2D eigenvalue weighted by atomic mass is 19.4. The van der Waals surface area contributed by atoms with Crippen molar-refractivity contribution in [3.8, 4) is 22.3 Å². The molecule has 0 saturated heterocycles. The van der Waals surface area contributed by atoms with Crippen LogP contribution in [0.25, 0.3) is 22.3 Å². The van der Waals surface area contributed by atoms with Gasteiger partial charge in [0, 0.05) is 37.6 Å². The van der Waals surface area contributed by atoms with E-state index in [1.54, 1.807) is 49.5 Å². The van der Waals surface area contributed by atoms with Gasteiger partial charge in [-0.3, -0.25) is 28.8 Å². The van der Waals surface area contributed by atoms with E-state index in [0.29, 0.717) is 43.0 Å². The number of nitrogens with zero attached hydrogens (tertiary/aromatic N) is 4. The number of carboxylic acids is 2. The lowest BCUT2D eigenvalue weighted by Crippen LogP contribution is -2.40. The normalized spacial score (nSPS) is 13.3. The average Bonchev–Trinajstić information content (AvgIpc) is 3.58. The highest BCUT2D eigenvalue weighted by molar-refractivity contribution is 5.83. The van der Waals surface area contributed by atoms with Crippen LogP contribution in [-0.2, 0) is 44.6 Å². The molecule has 4 atom stereocenters. The lowest BCUT2D eigenvalue weighted by Gasteiger charge is -2.27. The van der Waals surface area contributed by atoms with E-state index in [0.717, 1.165) is 72.0 Å². The van der Waals surface area contributed by atoms with Crippen LogP contribution < -0.4 is 21.8 Å². The largest absolute Gasteiger partial charge is 0.481 e. The predicted octanol–water partition coefficient (Wildman–Crippen LogP) is 11.2. The van der Waals surface area contributed by atoms with Crippen molar-refractivity contribution in [1.29, 1.82) is 0 Å². The highest BCUT2D eigenvalue weighted by Gasteiger charge is 2.36. The number of amides is 2. The zero-order valence-corrected chi connectivity index (χ0v) is 49.9. The van der Waals surface area contributed by atoms with Crippen LogP contribution >= 0.6 is 0 Å². The Kier molecular flexibility index (Phi) is 21.8. The van der Waals surface area contributed by atoms with Crippen molar-refractivity contribution in [2.45, 2.75) is 131 Å². The number of hydrogen-bond donors (Lipinski definition) is 4. The Bertz CT molecular complexity index is 3410. The summed E-state index contributed by atoms with van der Waals surface area (Å²) in [6.45, 7) is 16.4. The molecule has 0 aliphatic heterocycles. The van der Waals surface area contributed by atoms with E-state index in [-0.39, 0.29) is 43.2 Å². The number of carbonyl (C=O) groups excluding carboxylic acids is 2. The smallest absolute Gasteiger partial charge is 0.416 e. The number of hydrogen-bond acceptors (Lipinski definition) is 8. The van der Waals surface area contributed by atoms with E-state index in [2.05, 4.69) is 10.6 Å². The van der Waals surface area contributed by atoms with E-state index in [1.165, 1.54) is 4.57 Å². The van der Waals surface area contributed by atoms with Gasteiger partial charge in [0.2, 0.25) is 11.8 Å². The Morgan fingerprint density at radius 3 is 1.45 bits per heavy atom. The molecule has 0 fully saturated rings. The van der Waals surface area contributed by atoms with E-state index >= 15 is 0 Å². The molecule has 0 saturated carbocycles. The van der Waals surface area contributed by atoms with E-state index in [1.807, 2.05) is 135 Å². The van der Waals surface area contributed by atoms with Crippen LogP contribution in [0.1, 0.15) is 139 Å². The van der Waals surface area contributed by atoms with Crippen molar-refractivity contribution in [2.75, 3.05) is 41.3 Å². The Balaban J connectivity index is 1.35. The standard InChI is InChI=1S/C66H81F3N6O8/c1-39(2)28-56(64(82)70-54(35-60(78)79)46-18-14-20-48(31-46)62-41(5)16-13-17-42(62)6)74-37-50(24-26-72(9)10)52(33-58(74)76)30-45-23-22-43(7)63(44(45)8)49-21-15-19-47(32-49)55(36-61(80)81)71-65(83)57(29-40(3)4)75-38-51(25-27-73(11)12)53(34-59(75)77)66(67,68)69/h13-23,31-34,37-40,54-57H,24-30,35-36H2,1-12H3,(H,70,82)(H,71,83)(H,78,79)(H,80,81)/t54-,55-,56+,57+/m0/s1. The third-order valence-electron chi connectivity index (χ3n) is 15.2. The molecule has 0 spiro atoms. The molecule has 0 aliphatic carbocycles. The fourth-order valence-corrected chi connectivity index (χ4v) is 11.0. The molecule has 83 heavy (non-hydrogen) atoms.